The molecule has 5 heteroatoms. The largest absolute Gasteiger partial charge is 0.495 e. The van der Waals surface area contributed by atoms with Gasteiger partial charge in [0.25, 0.3) is 5.56 Å². The van der Waals surface area contributed by atoms with E-state index >= 15 is 0 Å². The topological polar surface area (TPSA) is 54.1 Å². The maximum atomic E-state index is 12.3. The van der Waals surface area contributed by atoms with E-state index in [-0.39, 0.29) is 5.56 Å². The number of aryl methyl sites for hydroxylation is 1. The van der Waals surface area contributed by atoms with Gasteiger partial charge in [0.1, 0.15) is 5.75 Å². The molecule has 0 spiro atoms. The van der Waals surface area contributed by atoms with Crippen LogP contribution in [0.1, 0.15) is 11.1 Å². The molecule has 0 radical (unpaired) electrons. The van der Waals surface area contributed by atoms with Gasteiger partial charge in [-0.3, -0.25) is 4.79 Å². The molecule has 0 aliphatic carbocycles. The molecule has 0 fully saturated rings. The molecule has 118 valence electrons. The van der Waals surface area contributed by atoms with Crippen LogP contribution in [0.2, 0.25) is 5.02 Å². The third-order valence-corrected chi connectivity index (χ3v) is 4.03. The Morgan fingerprint density at radius 2 is 2.04 bits per heavy atom. The zero-order valence-electron chi connectivity index (χ0n) is 12.9. The number of rotatable bonds is 4. The van der Waals surface area contributed by atoms with Crippen LogP contribution in [0.15, 0.2) is 47.3 Å². The van der Waals surface area contributed by atoms with Gasteiger partial charge in [0.2, 0.25) is 0 Å². The molecule has 0 atom stereocenters. The smallest absolute Gasteiger partial charge is 0.253 e. The second-order valence-electron chi connectivity index (χ2n) is 5.36. The molecule has 1 heterocycles. The third-order valence-electron chi connectivity index (χ3n) is 3.80. The lowest BCUT2D eigenvalue weighted by molar-refractivity contribution is 0.416. The normalized spacial score (nSPS) is 10.7. The predicted molar refractivity (Wildman–Crippen MR) is 94.6 cm³/mol. The Bertz CT molecular complexity index is 919. The second-order valence-corrected chi connectivity index (χ2v) is 5.80. The van der Waals surface area contributed by atoms with Crippen molar-refractivity contribution in [1.82, 2.24) is 4.98 Å². The van der Waals surface area contributed by atoms with E-state index in [1.807, 2.05) is 31.2 Å². The number of halogens is 1. The van der Waals surface area contributed by atoms with Gasteiger partial charge in [-0.2, -0.15) is 0 Å². The van der Waals surface area contributed by atoms with E-state index in [1.54, 1.807) is 25.3 Å². The molecule has 4 nitrogen and oxygen atoms in total. The van der Waals surface area contributed by atoms with Crippen molar-refractivity contribution in [2.75, 3.05) is 12.4 Å². The first-order valence-corrected chi connectivity index (χ1v) is 7.65. The van der Waals surface area contributed by atoms with Gasteiger partial charge in [-0.1, -0.05) is 29.8 Å². The molecule has 0 saturated carbocycles. The van der Waals surface area contributed by atoms with E-state index in [4.69, 9.17) is 16.3 Å². The van der Waals surface area contributed by atoms with E-state index in [0.29, 0.717) is 22.9 Å². The monoisotopic (exact) mass is 328 g/mol. The first-order chi connectivity index (χ1) is 11.1. The van der Waals surface area contributed by atoms with Crippen molar-refractivity contribution in [1.29, 1.82) is 0 Å². The summed E-state index contributed by atoms with van der Waals surface area (Å²) in [5.41, 5.74) is 3.24. The predicted octanol–water partition coefficient (Wildman–Crippen LogP) is 4.11. The zero-order chi connectivity index (χ0) is 16.4. The Morgan fingerprint density at radius 1 is 1.22 bits per heavy atom. The SMILES string of the molecule is COc1ccc(Cl)cc1NCc1cc2cccc(C)c2[nH]c1=O. The highest BCUT2D eigenvalue weighted by atomic mass is 35.5. The highest BCUT2D eigenvalue weighted by molar-refractivity contribution is 6.30. The van der Waals surface area contributed by atoms with Gasteiger partial charge in [-0.05, 0) is 42.1 Å². The van der Waals surface area contributed by atoms with Crippen LogP contribution in [0.3, 0.4) is 0 Å². The Kier molecular flexibility index (Phi) is 4.26. The first-order valence-electron chi connectivity index (χ1n) is 7.27. The fourth-order valence-electron chi connectivity index (χ4n) is 2.57. The molecule has 0 amide bonds. The van der Waals surface area contributed by atoms with Gasteiger partial charge < -0.3 is 15.0 Å². The van der Waals surface area contributed by atoms with Crippen LogP contribution in [0, 0.1) is 6.92 Å². The van der Waals surface area contributed by atoms with E-state index in [0.717, 1.165) is 22.2 Å². The van der Waals surface area contributed by atoms with Crippen molar-refractivity contribution in [2.24, 2.45) is 0 Å². The molecule has 23 heavy (non-hydrogen) atoms. The molecule has 0 unspecified atom stereocenters. The van der Waals surface area contributed by atoms with Crippen molar-refractivity contribution >= 4 is 28.2 Å². The van der Waals surface area contributed by atoms with Crippen LogP contribution in [0.4, 0.5) is 5.69 Å². The Hall–Kier alpha value is -2.46. The van der Waals surface area contributed by atoms with Crippen molar-refractivity contribution in [3.8, 4) is 5.75 Å². The number of para-hydroxylation sites is 1. The van der Waals surface area contributed by atoms with E-state index in [1.165, 1.54) is 0 Å². The molecule has 0 aliphatic heterocycles. The zero-order valence-corrected chi connectivity index (χ0v) is 13.7. The number of benzene rings is 2. The van der Waals surface area contributed by atoms with E-state index < -0.39 is 0 Å². The standard InChI is InChI=1S/C18H17ClN2O2/c1-11-4-3-5-12-8-13(18(22)21-17(11)12)10-20-15-9-14(19)6-7-16(15)23-2/h3-9,20H,10H2,1-2H3,(H,21,22). The highest BCUT2D eigenvalue weighted by Gasteiger charge is 2.07. The van der Waals surface area contributed by atoms with Gasteiger partial charge in [0.05, 0.1) is 18.3 Å². The van der Waals surface area contributed by atoms with Gasteiger partial charge in [0, 0.05) is 17.1 Å². The summed E-state index contributed by atoms with van der Waals surface area (Å²) in [5, 5.41) is 4.83. The molecule has 0 saturated heterocycles. The van der Waals surface area contributed by atoms with Gasteiger partial charge in [0.15, 0.2) is 0 Å². The molecule has 3 aromatic rings. The average molecular weight is 329 g/mol. The lowest BCUT2D eigenvalue weighted by Gasteiger charge is -2.12. The summed E-state index contributed by atoms with van der Waals surface area (Å²) < 4.78 is 5.30. The van der Waals surface area contributed by atoms with Crippen molar-refractivity contribution < 1.29 is 4.74 Å². The summed E-state index contributed by atoms with van der Waals surface area (Å²) in [6.07, 6.45) is 0. The summed E-state index contributed by atoms with van der Waals surface area (Å²) in [4.78, 5) is 15.2. The second kappa shape index (κ2) is 6.34. The van der Waals surface area contributed by atoms with Crippen LogP contribution >= 0.6 is 11.6 Å². The fourth-order valence-corrected chi connectivity index (χ4v) is 2.74. The van der Waals surface area contributed by atoms with E-state index in [2.05, 4.69) is 10.3 Å². The highest BCUT2D eigenvalue weighted by Crippen LogP contribution is 2.28. The van der Waals surface area contributed by atoms with Crippen LogP contribution in [-0.2, 0) is 6.54 Å². The maximum Gasteiger partial charge on any atom is 0.253 e. The van der Waals surface area contributed by atoms with Crippen molar-refractivity contribution in [3.63, 3.8) is 0 Å². The van der Waals surface area contributed by atoms with Crippen LogP contribution < -0.4 is 15.6 Å². The number of pyridine rings is 1. The Balaban J connectivity index is 1.92. The average Bonchev–Trinajstić information content (AvgIpc) is 2.54. The maximum absolute atomic E-state index is 12.3. The number of H-pyrrole nitrogens is 1. The Morgan fingerprint density at radius 3 is 2.83 bits per heavy atom. The minimum Gasteiger partial charge on any atom is -0.495 e. The molecule has 2 N–H and O–H groups in total. The number of nitrogens with one attached hydrogen (secondary N) is 2. The minimum absolute atomic E-state index is 0.0969. The summed E-state index contributed by atoms with van der Waals surface area (Å²) in [7, 11) is 1.60. The van der Waals surface area contributed by atoms with Gasteiger partial charge in [-0.15, -0.1) is 0 Å². The van der Waals surface area contributed by atoms with Crippen molar-refractivity contribution in [2.45, 2.75) is 13.5 Å². The van der Waals surface area contributed by atoms with Gasteiger partial charge >= 0.3 is 0 Å². The number of anilines is 1. The quantitative estimate of drug-likeness (QED) is 0.757. The molecule has 0 aliphatic rings. The number of methoxy groups -OCH3 is 1. The fraction of sp³-hybridized carbons (Fsp3) is 0.167. The van der Waals surface area contributed by atoms with Gasteiger partial charge in [-0.25, -0.2) is 0 Å². The molecule has 2 aromatic carbocycles. The van der Waals surface area contributed by atoms with E-state index in [9.17, 15) is 4.79 Å². The lowest BCUT2D eigenvalue weighted by atomic mass is 10.1. The lowest BCUT2D eigenvalue weighted by Crippen LogP contribution is -2.16. The summed E-state index contributed by atoms with van der Waals surface area (Å²) in [6, 6.07) is 13.2. The number of hydrogen-bond acceptors (Lipinski definition) is 3. The molecule has 0 bridgehead atoms. The molecule has 1 aromatic heterocycles. The van der Waals surface area contributed by atoms with Crippen LogP contribution in [0.5, 0.6) is 5.75 Å². The van der Waals surface area contributed by atoms with Crippen LogP contribution in [0.25, 0.3) is 10.9 Å². The first kappa shape index (κ1) is 15.4. The number of aromatic amines is 1. The summed E-state index contributed by atoms with van der Waals surface area (Å²) >= 11 is 6.02. The summed E-state index contributed by atoms with van der Waals surface area (Å²) in [5.74, 6) is 0.683. The molecular formula is C18H17ClN2O2. The van der Waals surface area contributed by atoms with Crippen molar-refractivity contribution in [3.05, 3.63) is 69.0 Å². The Labute approximate surface area is 139 Å². The van der Waals surface area contributed by atoms with Crippen LogP contribution in [-0.4, -0.2) is 12.1 Å². The third kappa shape index (κ3) is 3.17. The number of aromatic nitrogens is 1. The summed E-state index contributed by atoms with van der Waals surface area (Å²) in [6.45, 7) is 2.36. The molecule has 3 rings (SSSR count). The number of fused-ring (bicyclic) bond motifs is 1. The number of ether oxygens (including phenoxy) is 1. The number of hydrogen-bond donors (Lipinski definition) is 2. The molecular weight excluding hydrogens is 312 g/mol. The minimum atomic E-state index is -0.0969.